The quantitative estimate of drug-likeness (QED) is 0.802. The van der Waals surface area contributed by atoms with Crippen LogP contribution in [0.3, 0.4) is 0 Å². The zero-order valence-electron chi connectivity index (χ0n) is 11.9. The smallest absolute Gasteiger partial charge is 0.216 e. The SMILES string of the molecule is Cc1ccccc1CS(=O)(=O)NC(CN)CC(C)C. The van der Waals surface area contributed by atoms with Gasteiger partial charge >= 0.3 is 0 Å². The highest BCUT2D eigenvalue weighted by Crippen LogP contribution is 2.12. The van der Waals surface area contributed by atoms with Crippen LogP contribution in [0.5, 0.6) is 0 Å². The minimum atomic E-state index is -3.34. The molecule has 0 aliphatic rings. The molecule has 0 radical (unpaired) electrons. The fourth-order valence-electron chi connectivity index (χ4n) is 2.03. The molecule has 0 saturated heterocycles. The third-order valence-electron chi connectivity index (χ3n) is 2.99. The molecule has 0 aliphatic heterocycles. The maximum atomic E-state index is 12.1. The lowest BCUT2D eigenvalue weighted by atomic mass is 10.1. The molecule has 1 rings (SSSR count). The fraction of sp³-hybridized carbons (Fsp3) is 0.571. The standard InChI is InChI=1S/C14H24N2O2S/c1-11(2)8-14(9-15)16-19(17,18)10-13-7-5-4-6-12(13)3/h4-7,11,14,16H,8-10,15H2,1-3H3. The van der Waals surface area contributed by atoms with Crippen molar-refractivity contribution in [2.24, 2.45) is 11.7 Å². The van der Waals surface area contributed by atoms with Crippen LogP contribution < -0.4 is 10.5 Å². The molecular weight excluding hydrogens is 260 g/mol. The van der Waals surface area contributed by atoms with Gasteiger partial charge in [-0.05, 0) is 30.4 Å². The van der Waals surface area contributed by atoms with Gasteiger partial charge in [-0.25, -0.2) is 13.1 Å². The predicted molar refractivity (Wildman–Crippen MR) is 79.2 cm³/mol. The minimum Gasteiger partial charge on any atom is -0.329 e. The van der Waals surface area contributed by atoms with Crippen LogP contribution in [0.25, 0.3) is 0 Å². The van der Waals surface area contributed by atoms with Crippen LogP contribution in [0.15, 0.2) is 24.3 Å². The first-order chi connectivity index (χ1) is 8.84. The molecule has 19 heavy (non-hydrogen) atoms. The van der Waals surface area contributed by atoms with Crippen LogP contribution in [0.4, 0.5) is 0 Å². The van der Waals surface area contributed by atoms with Crippen LogP contribution >= 0.6 is 0 Å². The molecular formula is C14H24N2O2S. The van der Waals surface area contributed by atoms with Gasteiger partial charge in [0.1, 0.15) is 0 Å². The Morgan fingerprint density at radius 2 is 1.89 bits per heavy atom. The molecule has 0 aliphatic carbocycles. The Morgan fingerprint density at radius 3 is 2.42 bits per heavy atom. The number of aryl methyl sites for hydroxylation is 1. The minimum absolute atomic E-state index is 0.00820. The average Bonchev–Trinajstić information content (AvgIpc) is 2.30. The third kappa shape index (κ3) is 5.72. The maximum absolute atomic E-state index is 12.1. The summed E-state index contributed by atoms with van der Waals surface area (Å²) in [7, 11) is -3.34. The number of hydrogen-bond acceptors (Lipinski definition) is 3. The Balaban J connectivity index is 2.73. The molecule has 108 valence electrons. The van der Waals surface area contributed by atoms with Gasteiger partial charge in [-0.1, -0.05) is 38.1 Å². The summed E-state index contributed by atoms with van der Waals surface area (Å²) < 4.78 is 27.0. The van der Waals surface area contributed by atoms with Crippen molar-refractivity contribution in [3.8, 4) is 0 Å². The molecule has 0 saturated carbocycles. The van der Waals surface area contributed by atoms with Gasteiger partial charge in [-0.15, -0.1) is 0 Å². The Kier molecular flexibility index (Phi) is 5.97. The Hall–Kier alpha value is -0.910. The van der Waals surface area contributed by atoms with Crippen molar-refractivity contribution in [1.82, 2.24) is 4.72 Å². The molecule has 0 fully saturated rings. The first-order valence-corrected chi connectivity index (χ1v) is 8.24. The van der Waals surface area contributed by atoms with Gasteiger partial charge in [0.25, 0.3) is 0 Å². The van der Waals surface area contributed by atoms with Gasteiger partial charge in [-0.2, -0.15) is 0 Å². The second-order valence-corrected chi connectivity index (χ2v) is 7.12. The molecule has 4 nitrogen and oxygen atoms in total. The molecule has 0 bridgehead atoms. The van der Waals surface area contributed by atoms with E-state index in [-0.39, 0.29) is 11.8 Å². The molecule has 5 heteroatoms. The van der Waals surface area contributed by atoms with E-state index in [1.54, 1.807) is 0 Å². The zero-order chi connectivity index (χ0) is 14.5. The van der Waals surface area contributed by atoms with Crippen LogP contribution in [0, 0.1) is 12.8 Å². The summed E-state index contributed by atoms with van der Waals surface area (Å²) in [5, 5.41) is 0. The van der Waals surface area contributed by atoms with Crippen LogP contribution in [-0.2, 0) is 15.8 Å². The third-order valence-corrected chi connectivity index (χ3v) is 4.38. The van der Waals surface area contributed by atoms with Crippen LogP contribution in [0.1, 0.15) is 31.4 Å². The van der Waals surface area contributed by atoms with Gasteiger partial charge in [-0.3, -0.25) is 0 Å². The summed E-state index contributed by atoms with van der Waals surface area (Å²) in [5.41, 5.74) is 7.44. The van der Waals surface area contributed by atoms with Gasteiger partial charge in [0.05, 0.1) is 5.75 Å². The lowest BCUT2D eigenvalue weighted by Crippen LogP contribution is -2.41. The second kappa shape index (κ2) is 7.03. The van der Waals surface area contributed by atoms with E-state index in [0.717, 1.165) is 17.5 Å². The Labute approximate surface area is 116 Å². The summed E-state index contributed by atoms with van der Waals surface area (Å²) in [6, 6.07) is 7.33. The molecule has 0 amide bonds. The number of hydrogen-bond donors (Lipinski definition) is 2. The molecule has 3 N–H and O–H groups in total. The van der Waals surface area contributed by atoms with Gasteiger partial charge in [0.15, 0.2) is 0 Å². The van der Waals surface area contributed by atoms with Crippen LogP contribution in [0.2, 0.25) is 0 Å². The van der Waals surface area contributed by atoms with E-state index in [2.05, 4.69) is 18.6 Å². The average molecular weight is 284 g/mol. The molecule has 0 heterocycles. The van der Waals surface area contributed by atoms with Crippen molar-refractivity contribution in [1.29, 1.82) is 0 Å². The summed E-state index contributed by atoms with van der Waals surface area (Å²) in [6.07, 6.45) is 0.753. The summed E-state index contributed by atoms with van der Waals surface area (Å²) in [6.45, 7) is 6.35. The van der Waals surface area contributed by atoms with E-state index in [1.807, 2.05) is 31.2 Å². The van der Waals surface area contributed by atoms with Crippen molar-refractivity contribution >= 4 is 10.0 Å². The summed E-state index contributed by atoms with van der Waals surface area (Å²) >= 11 is 0. The van der Waals surface area contributed by atoms with E-state index in [0.29, 0.717) is 12.5 Å². The summed E-state index contributed by atoms with van der Waals surface area (Å²) in [5.74, 6) is 0.420. The molecule has 1 aromatic carbocycles. The number of nitrogens with two attached hydrogens (primary N) is 1. The predicted octanol–water partition coefficient (Wildman–Crippen LogP) is 1.79. The van der Waals surface area contributed by atoms with E-state index in [4.69, 9.17) is 5.73 Å². The lowest BCUT2D eigenvalue weighted by molar-refractivity contribution is 0.465. The van der Waals surface area contributed by atoms with Crippen molar-refractivity contribution in [3.63, 3.8) is 0 Å². The molecule has 1 aromatic rings. The lowest BCUT2D eigenvalue weighted by Gasteiger charge is -2.19. The number of sulfonamides is 1. The number of benzene rings is 1. The van der Waals surface area contributed by atoms with E-state index in [9.17, 15) is 8.42 Å². The highest BCUT2D eigenvalue weighted by atomic mass is 32.2. The van der Waals surface area contributed by atoms with Gasteiger partial charge < -0.3 is 5.73 Å². The second-order valence-electron chi connectivity index (χ2n) is 5.37. The molecule has 0 aromatic heterocycles. The van der Waals surface area contributed by atoms with E-state index in [1.165, 1.54) is 0 Å². The van der Waals surface area contributed by atoms with Gasteiger partial charge in [0.2, 0.25) is 10.0 Å². The largest absolute Gasteiger partial charge is 0.329 e. The fourth-order valence-corrected chi connectivity index (χ4v) is 3.55. The number of nitrogens with one attached hydrogen (secondary N) is 1. The van der Waals surface area contributed by atoms with Gasteiger partial charge in [0, 0.05) is 12.6 Å². The summed E-state index contributed by atoms with van der Waals surface area (Å²) in [4.78, 5) is 0. The van der Waals surface area contributed by atoms with Crippen molar-refractivity contribution in [2.75, 3.05) is 6.54 Å². The number of rotatable bonds is 7. The first-order valence-electron chi connectivity index (χ1n) is 6.58. The maximum Gasteiger partial charge on any atom is 0.216 e. The Bertz CT molecular complexity index is 498. The highest BCUT2D eigenvalue weighted by Gasteiger charge is 2.18. The molecule has 1 unspecified atom stereocenters. The molecule has 0 spiro atoms. The monoisotopic (exact) mass is 284 g/mol. The molecule has 1 atom stereocenters. The van der Waals surface area contributed by atoms with Crippen molar-refractivity contribution < 1.29 is 8.42 Å². The first kappa shape index (κ1) is 16.1. The van der Waals surface area contributed by atoms with Crippen LogP contribution in [-0.4, -0.2) is 21.0 Å². The van der Waals surface area contributed by atoms with E-state index >= 15 is 0 Å². The van der Waals surface area contributed by atoms with Crippen molar-refractivity contribution in [2.45, 2.75) is 39.0 Å². The topological polar surface area (TPSA) is 72.2 Å². The van der Waals surface area contributed by atoms with Crippen molar-refractivity contribution in [3.05, 3.63) is 35.4 Å². The normalized spacial score (nSPS) is 13.7. The van der Waals surface area contributed by atoms with E-state index < -0.39 is 10.0 Å². The zero-order valence-corrected chi connectivity index (χ0v) is 12.7. The highest BCUT2D eigenvalue weighted by molar-refractivity contribution is 7.88. The Morgan fingerprint density at radius 1 is 1.26 bits per heavy atom.